The smallest absolute Gasteiger partial charge is 0.435 e. The van der Waals surface area contributed by atoms with Crippen molar-refractivity contribution >= 4 is 21.6 Å². The molecule has 0 aliphatic carbocycles. The maximum Gasteiger partial charge on any atom is 0.435 e. The largest absolute Gasteiger partial charge is 0.471 e. The maximum atomic E-state index is 12.4. The number of aromatic amines is 1. The Labute approximate surface area is 95.9 Å². The molecule has 1 atom stereocenters. The van der Waals surface area contributed by atoms with E-state index in [0.29, 0.717) is 6.20 Å². The molecule has 1 N–H and O–H groups in total. The fraction of sp³-hybridized carbons (Fsp3) is 0.429. The molecule has 0 spiro atoms. The molecule has 0 amide bonds. The van der Waals surface area contributed by atoms with Crippen molar-refractivity contribution < 1.29 is 22.8 Å². The second-order valence-electron chi connectivity index (χ2n) is 2.79. The summed E-state index contributed by atoms with van der Waals surface area (Å²) in [6.07, 6.45) is -4.08. The number of nitro groups is 1. The van der Waals surface area contributed by atoms with Gasteiger partial charge in [0, 0.05) is 0 Å². The highest BCUT2D eigenvalue weighted by Crippen LogP contribution is 2.41. The Hall–Kier alpha value is -1.25. The summed E-state index contributed by atoms with van der Waals surface area (Å²) < 4.78 is 42.0. The van der Waals surface area contributed by atoms with Crippen molar-refractivity contribution in [3.05, 3.63) is 22.0 Å². The third-order valence-electron chi connectivity index (χ3n) is 1.57. The Balaban J connectivity index is 3.25. The number of rotatable bonds is 3. The van der Waals surface area contributed by atoms with Gasteiger partial charge in [0.25, 0.3) is 0 Å². The van der Waals surface area contributed by atoms with Crippen LogP contribution in [0.2, 0.25) is 0 Å². The number of aromatic nitrogens is 1. The first-order valence-corrected chi connectivity index (χ1v) is 4.88. The number of hydrogen-bond acceptors (Lipinski definition) is 3. The lowest BCUT2D eigenvalue weighted by Gasteiger charge is -2.10. The topological polar surface area (TPSA) is 68.2 Å². The zero-order valence-corrected chi connectivity index (χ0v) is 9.42. The summed E-state index contributed by atoms with van der Waals surface area (Å²) in [5.41, 5.74) is -2.02. The molecule has 1 aromatic heterocycles. The predicted molar refractivity (Wildman–Crippen MR) is 51.5 cm³/mol. The van der Waals surface area contributed by atoms with Gasteiger partial charge in [0.2, 0.25) is 5.75 Å². The molecule has 0 saturated carbocycles. The van der Waals surface area contributed by atoms with Gasteiger partial charge in [0.15, 0.2) is 10.7 Å². The van der Waals surface area contributed by atoms with Gasteiger partial charge >= 0.3 is 11.9 Å². The van der Waals surface area contributed by atoms with E-state index in [2.05, 4.69) is 15.9 Å². The van der Waals surface area contributed by atoms with Crippen LogP contribution in [0.3, 0.4) is 0 Å². The number of halogens is 4. The third-order valence-corrected chi connectivity index (χ3v) is 1.76. The summed E-state index contributed by atoms with van der Waals surface area (Å²) >= 11 is 2.85. The monoisotopic (exact) mass is 302 g/mol. The van der Waals surface area contributed by atoms with E-state index in [1.165, 1.54) is 6.92 Å². The molecule has 16 heavy (non-hydrogen) atoms. The minimum Gasteiger partial charge on any atom is -0.471 e. The molecular formula is C7H6BrF3N2O3. The van der Waals surface area contributed by atoms with Crippen molar-refractivity contribution in [1.29, 1.82) is 0 Å². The van der Waals surface area contributed by atoms with Crippen LogP contribution in [-0.4, -0.2) is 14.9 Å². The molecule has 0 aliphatic heterocycles. The molecule has 1 aromatic rings. The SMILES string of the molecule is CC(Br)Oc1c([N+](=O)[O-])c[nH]c1C(F)(F)F. The molecule has 1 heterocycles. The predicted octanol–water partition coefficient (Wildman–Crippen LogP) is 3.06. The van der Waals surface area contributed by atoms with E-state index in [1.807, 2.05) is 0 Å². The highest BCUT2D eigenvalue weighted by Gasteiger charge is 2.40. The lowest BCUT2D eigenvalue weighted by Crippen LogP contribution is -2.11. The van der Waals surface area contributed by atoms with Crippen molar-refractivity contribution in [2.45, 2.75) is 18.1 Å². The zero-order valence-electron chi connectivity index (χ0n) is 7.84. The highest BCUT2D eigenvalue weighted by atomic mass is 79.9. The van der Waals surface area contributed by atoms with Crippen LogP contribution in [0, 0.1) is 10.1 Å². The zero-order chi connectivity index (χ0) is 12.5. The molecule has 0 saturated heterocycles. The second-order valence-corrected chi connectivity index (χ2v) is 4.08. The summed E-state index contributed by atoms with van der Waals surface area (Å²) in [6.45, 7) is 1.40. The molecule has 0 bridgehead atoms. The van der Waals surface area contributed by atoms with Crippen LogP contribution in [0.1, 0.15) is 12.6 Å². The summed E-state index contributed by atoms with van der Waals surface area (Å²) in [4.78, 5) is 11.3. The molecule has 9 heteroatoms. The van der Waals surface area contributed by atoms with Crippen molar-refractivity contribution in [2.75, 3.05) is 0 Å². The number of H-pyrrole nitrogens is 1. The molecular weight excluding hydrogens is 297 g/mol. The lowest BCUT2D eigenvalue weighted by atomic mass is 10.3. The van der Waals surface area contributed by atoms with E-state index in [0.717, 1.165) is 0 Å². The quantitative estimate of drug-likeness (QED) is 0.530. The number of nitrogens with zero attached hydrogens (tertiary/aromatic N) is 1. The molecule has 5 nitrogen and oxygen atoms in total. The van der Waals surface area contributed by atoms with E-state index >= 15 is 0 Å². The fourth-order valence-electron chi connectivity index (χ4n) is 1.03. The van der Waals surface area contributed by atoms with Crippen molar-refractivity contribution in [1.82, 2.24) is 4.98 Å². The molecule has 0 aliphatic rings. The standard InChI is InChI=1S/C7H6BrF3N2O3/c1-3(8)16-5-4(13(14)15)2-12-6(5)7(9,10)11/h2-3,12H,1H3. The van der Waals surface area contributed by atoms with Gasteiger partial charge in [-0.3, -0.25) is 10.1 Å². The summed E-state index contributed by atoms with van der Waals surface area (Å²) in [5, 5.41) is 9.69. The Morgan fingerprint density at radius 1 is 1.62 bits per heavy atom. The molecule has 0 aromatic carbocycles. The number of ether oxygens (including phenoxy) is 1. The third kappa shape index (κ3) is 2.65. The fourth-order valence-corrected chi connectivity index (χ4v) is 1.21. The van der Waals surface area contributed by atoms with Gasteiger partial charge in [-0.2, -0.15) is 13.2 Å². The van der Waals surface area contributed by atoms with E-state index in [1.54, 1.807) is 4.98 Å². The van der Waals surface area contributed by atoms with Gasteiger partial charge in [-0.25, -0.2) is 0 Å². The van der Waals surface area contributed by atoms with Crippen LogP contribution in [0.5, 0.6) is 5.75 Å². The Morgan fingerprint density at radius 3 is 2.56 bits per heavy atom. The van der Waals surface area contributed by atoms with Crippen LogP contribution in [-0.2, 0) is 6.18 Å². The average molecular weight is 303 g/mol. The molecule has 1 unspecified atom stereocenters. The van der Waals surface area contributed by atoms with Crippen molar-refractivity contribution in [3.63, 3.8) is 0 Å². The Morgan fingerprint density at radius 2 is 2.19 bits per heavy atom. The first-order valence-electron chi connectivity index (χ1n) is 3.97. The number of nitrogens with one attached hydrogen (secondary N) is 1. The summed E-state index contributed by atoms with van der Waals surface area (Å²) in [6, 6.07) is 0. The van der Waals surface area contributed by atoms with Gasteiger partial charge in [-0.1, -0.05) is 0 Å². The van der Waals surface area contributed by atoms with Gasteiger partial charge in [0.05, 0.1) is 11.1 Å². The molecule has 0 radical (unpaired) electrons. The lowest BCUT2D eigenvalue weighted by molar-refractivity contribution is -0.385. The number of alkyl halides is 4. The minimum absolute atomic E-state index is 0.646. The summed E-state index contributed by atoms with van der Waals surface area (Å²) in [5.74, 6) is -0.818. The van der Waals surface area contributed by atoms with Gasteiger partial charge in [-0.05, 0) is 22.9 Å². The van der Waals surface area contributed by atoms with Crippen LogP contribution in [0.4, 0.5) is 18.9 Å². The van der Waals surface area contributed by atoms with Crippen LogP contribution in [0.25, 0.3) is 0 Å². The van der Waals surface area contributed by atoms with Gasteiger partial charge in [-0.15, -0.1) is 0 Å². The van der Waals surface area contributed by atoms with Crippen molar-refractivity contribution in [3.8, 4) is 5.75 Å². The Bertz CT molecular complexity index is 402. The van der Waals surface area contributed by atoms with E-state index in [9.17, 15) is 23.3 Å². The van der Waals surface area contributed by atoms with E-state index < -0.39 is 33.2 Å². The first kappa shape index (κ1) is 12.8. The van der Waals surface area contributed by atoms with Crippen LogP contribution < -0.4 is 4.74 Å². The van der Waals surface area contributed by atoms with Gasteiger partial charge < -0.3 is 9.72 Å². The Kier molecular flexibility index (Phi) is 3.46. The van der Waals surface area contributed by atoms with Crippen molar-refractivity contribution in [2.24, 2.45) is 0 Å². The first-order chi connectivity index (χ1) is 7.23. The normalized spacial score (nSPS) is 13.6. The van der Waals surface area contributed by atoms with Crippen LogP contribution in [0.15, 0.2) is 6.20 Å². The highest BCUT2D eigenvalue weighted by molar-refractivity contribution is 9.09. The minimum atomic E-state index is -4.73. The maximum absolute atomic E-state index is 12.4. The number of hydrogen-bond donors (Lipinski definition) is 1. The molecule has 0 fully saturated rings. The van der Waals surface area contributed by atoms with E-state index in [-0.39, 0.29) is 0 Å². The molecule has 1 rings (SSSR count). The average Bonchev–Trinajstić information content (AvgIpc) is 2.45. The second kappa shape index (κ2) is 4.32. The van der Waals surface area contributed by atoms with Gasteiger partial charge in [0.1, 0.15) is 0 Å². The van der Waals surface area contributed by atoms with Crippen LogP contribution >= 0.6 is 15.9 Å². The molecule has 90 valence electrons. The summed E-state index contributed by atoms with van der Waals surface area (Å²) in [7, 11) is 0. The van der Waals surface area contributed by atoms with E-state index in [4.69, 9.17) is 4.74 Å².